The summed E-state index contributed by atoms with van der Waals surface area (Å²) in [4.78, 5) is 14.4. The Morgan fingerprint density at radius 3 is 3.05 bits per heavy atom. The van der Waals surface area contributed by atoms with Crippen LogP contribution in [0, 0.1) is 0 Å². The normalized spacial score (nSPS) is 24.9. The van der Waals surface area contributed by atoms with Gasteiger partial charge >= 0.3 is 0 Å². The third kappa shape index (κ3) is 2.21. The van der Waals surface area contributed by atoms with Crippen molar-refractivity contribution in [3.8, 4) is 0 Å². The molecule has 102 valence electrons. The molecule has 1 saturated heterocycles. The molecule has 4 heteroatoms. The molecule has 0 aromatic heterocycles. The number of anilines is 1. The number of nitrogens with one attached hydrogen (secondary N) is 1. The topological polar surface area (TPSA) is 41.6 Å². The fraction of sp³-hybridized carbons (Fsp3) is 0.533. The molecule has 0 spiro atoms. The molecule has 2 aliphatic heterocycles. The molecule has 1 aromatic rings. The third-order valence-electron chi connectivity index (χ3n) is 4.22. The molecule has 19 heavy (non-hydrogen) atoms. The van der Waals surface area contributed by atoms with Crippen LogP contribution in [-0.4, -0.2) is 43.2 Å². The van der Waals surface area contributed by atoms with Gasteiger partial charge in [-0.2, -0.15) is 0 Å². The van der Waals surface area contributed by atoms with Gasteiger partial charge in [0.25, 0.3) is 5.91 Å². The van der Waals surface area contributed by atoms with Crippen LogP contribution in [0.15, 0.2) is 18.2 Å². The number of likely N-dealkylation sites (N-methyl/N-ethyl adjacent to an activating group) is 1. The van der Waals surface area contributed by atoms with Gasteiger partial charge in [-0.25, -0.2) is 0 Å². The van der Waals surface area contributed by atoms with E-state index in [4.69, 9.17) is 4.74 Å². The minimum Gasteiger partial charge on any atom is -0.384 e. The Morgan fingerprint density at radius 2 is 2.32 bits per heavy atom. The second-order valence-electron chi connectivity index (χ2n) is 5.40. The number of rotatable bonds is 2. The molecule has 1 amide bonds. The lowest BCUT2D eigenvalue weighted by molar-refractivity contribution is 0.0574. The summed E-state index contributed by atoms with van der Waals surface area (Å²) < 4.78 is 5.54. The van der Waals surface area contributed by atoms with Crippen molar-refractivity contribution in [3.63, 3.8) is 0 Å². The second kappa shape index (κ2) is 4.85. The van der Waals surface area contributed by atoms with Crippen LogP contribution in [-0.2, 0) is 11.2 Å². The van der Waals surface area contributed by atoms with Crippen molar-refractivity contribution in [2.45, 2.75) is 31.9 Å². The van der Waals surface area contributed by atoms with E-state index in [9.17, 15) is 4.79 Å². The first-order chi connectivity index (χ1) is 9.16. The molecule has 4 nitrogen and oxygen atoms in total. The Bertz CT molecular complexity index is 501. The number of carbonyl (C=O) groups is 1. The Labute approximate surface area is 113 Å². The standard InChI is InChI=1S/C15H20N2O2/c1-10-14(6-8-19-10)17(2)15(18)12-3-4-13-11(9-12)5-7-16-13/h3-4,9-10,14,16H,5-8H2,1-2H3. The number of hydrogen-bond acceptors (Lipinski definition) is 3. The van der Waals surface area contributed by atoms with E-state index in [-0.39, 0.29) is 18.1 Å². The number of hydrogen-bond donors (Lipinski definition) is 1. The van der Waals surface area contributed by atoms with Crippen molar-refractivity contribution in [2.24, 2.45) is 0 Å². The van der Waals surface area contributed by atoms with Crippen LogP contribution in [0.5, 0.6) is 0 Å². The molecule has 0 saturated carbocycles. The summed E-state index contributed by atoms with van der Waals surface area (Å²) in [6, 6.07) is 6.14. The molecule has 1 N–H and O–H groups in total. The van der Waals surface area contributed by atoms with Crippen LogP contribution in [0.4, 0.5) is 5.69 Å². The molecule has 1 fully saturated rings. The quantitative estimate of drug-likeness (QED) is 0.883. The molecule has 0 aliphatic carbocycles. The highest BCUT2D eigenvalue weighted by Crippen LogP contribution is 2.25. The maximum atomic E-state index is 12.5. The van der Waals surface area contributed by atoms with E-state index < -0.39 is 0 Å². The van der Waals surface area contributed by atoms with Crippen molar-refractivity contribution in [3.05, 3.63) is 29.3 Å². The van der Waals surface area contributed by atoms with Crippen LogP contribution in [0.1, 0.15) is 29.3 Å². The highest BCUT2D eigenvalue weighted by molar-refractivity contribution is 5.95. The maximum Gasteiger partial charge on any atom is 0.253 e. The van der Waals surface area contributed by atoms with Crippen LogP contribution in [0.25, 0.3) is 0 Å². The molecule has 2 aliphatic rings. The lowest BCUT2D eigenvalue weighted by atomic mass is 10.1. The van der Waals surface area contributed by atoms with Crippen LogP contribution in [0.2, 0.25) is 0 Å². The number of carbonyl (C=O) groups excluding carboxylic acids is 1. The van der Waals surface area contributed by atoms with Crippen LogP contribution >= 0.6 is 0 Å². The Kier molecular flexibility index (Phi) is 3.19. The Balaban J connectivity index is 1.79. The predicted octanol–water partition coefficient (Wildman–Crippen LogP) is 1.90. The minimum atomic E-state index is 0.0945. The van der Waals surface area contributed by atoms with E-state index in [0.29, 0.717) is 0 Å². The van der Waals surface area contributed by atoms with Gasteiger partial charge in [0.05, 0.1) is 12.1 Å². The molecule has 0 bridgehead atoms. The number of fused-ring (bicyclic) bond motifs is 1. The van der Waals surface area contributed by atoms with Gasteiger partial charge in [0, 0.05) is 31.5 Å². The molecular weight excluding hydrogens is 240 g/mol. The molecule has 1 aromatic carbocycles. The molecule has 0 radical (unpaired) electrons. The van der Waals surface area contributed by atoms with Gasteiger partial charge in [-0.05, 0) is 43.5 Å². The molecule has 3 rings (SSSR count). The zero-order valence-electron chi connectivity index (χ0n) is 11.5. The Hall–Kier alpha value is -1.55. The first-order valence-electron chi connectivity index (χ1n) is 6.92. The van der Waals surface area contributed by atoms with E-state index in [1.807, 2.05) is 37.1 Å². The number of nitrogens with zero attached hydrogens (tertiary/aromatic N) is 1. The highest BCUT2D eigenvalue weighted by atomic mass is 16.5. The third-order valence-corrected chi connectivity index (χ3v) is 4.22. The minimum absolute atomic E-state index is 0.0945. The second-order valence-corrected chi connectivity index (χ2v) is 5.40. The van der Waals surface area contributed by atoms with E-state index in [2.05, 4.69) is 5.32 Å². The van der Waals surface area contributed by atoms with Crippen molar-refractivity contribution in [1.29, 1.82) is 0 Å². The van der Waals surface area contributed by atoms with Gasteiger partial charge in [-0.1, -0.05) is 0 Å². The average molecular weight is 260 g/mol. The van der Waals surface area contributed by atoms with E-state index >= 15 is 0 Å². The predicted molar refractivity (Wildman–Crippen MR) is 74.5 cm³/mol. The van der Waals surface area contributed by atoms with Gasteiger partial charge in [0.15, 0.2) is 0 Å². The van der Waals surface area contributed by atoms with E-state index in [0.717, 1.165) is 37.2 Å². The van der Waals surface area contributed by atoms with Gasteiger partial charge in [-0.3, -0.25) is 4.79 Å². The first kappa shape index (κ1) is 12.5. The summed E-state index contributed by atoms with van der Waals surface area (Å²) in [5.74, 6) is 0.0945. The van der Waals surface area contributed by atoms with Gasteiger partial charge < -0.3 is 15.0 Å². The fourth-order valence-electron chi connectivity index (χ4n) is 3.02. The summed E-state index contributed by atoms with van der Waals surface area (Å²) in [7, 11) is 1.88. The zero-order chi connectivity index (χ0) is 13.4. The number of ether oxygens (including phenoxy) is 1. The lowest BCUT2D eigenvalue weighted by Gasteiger charge is -2.27. The lowest BCUT2D eigenvalue weighted by Crippen LogP contribution is -2.41. The highest BCUT2D eigenvalue weighted by Gasteiger charge is 2.31. The summed E-state index contributed by atoms with van der Waals surface area (Å²) in [5.41, 5.74) is 3.19. The summed E-state index contributed by atoms with van der Waals surface area (Å²) >= 11 is 0. The molecule has 2 atom stereocenters. The van der Waals surface area contributed by atoms with Crippen molar-refractivity contribution >= 4 is 11.6 Å². The largest absolute Gasteiger partial charge is 0.384 e. The van der Waals surface area contributed by atoms with Crippen molar-refractivity contribution in [1.82, 2.24) is 4.90 Å². The fourth-order valence-corrected chi connectivity index (χ4v) is 3.02. The summed E-state index contributed by atoms with van der Waals surface area (Å²) in [6.45, 7) is 3.75. The first-order valence-corrected chi connectivity index (χ1v) is 6.92. The van der Waals surface area contributed by atoms with Gasteiger partial charge in [0.2, 0.25) is 0 Å². The van der Waals surface area contributed by atoms with Gasteiger partial charge in [-0.15, -0.1) is 0 Å². The summed E-state index contributed by atoms with van der Waals surface area (Å²) in [6.07, 6.45) is 2.06. The zero-order valence-corrected chi connectivity index (χ0v) is 11.5. The average Bonchev–Trinajstić information content (AvgIpc) is 3.04. The molecule has 2 heterocycles. The van der Waals surface area contributed by atoms with Crippen LogP contribution < -0.4 is 5.32 Å². The monoisotopic (exact) mass is 260 g/mol. The number of amides is 1. The smallest absolute Gasteiger partial charge is 0.253 e. The number of benzene rings is 1. The molecular formula is C15H20N2O2. The van der Waals surface area contributed by atoms with E-state index in [1.54, 1.807) is 0 Å². The maximum absolute atomic E-state index is 12.5. The summed E-state index contributed by atoms with van der Waals surface area (Å²) in [5, 5.41) is 3.31. The van der Waals surface area contributed by atoms with Crippen molar-refractivity contribution < 1.29 is 9.53 Å². The SMILES string of the molecule is CC1OCCC1N(C)C(=O)c1ccc2c(c1)CCN2. The van der Waals surface area contributed by atoms with Crippen molar-refractivity contribution in [2.75, 3.05) is 25.5 Å². The Morgan fingerprint density at radius 1 is 1.47 bits per heavy atom. The molecule has 2 unspecified atom stereocenters. The van der Waals surface area contributed by atoms with Crippen LogP contribution in [0.3, 0.4) is 0 Å². The van der Waals surface area contributed by atoms with E-state index in [1.165, 1.54) is 5.56 Å². The van der Waals surface area contributed by atoms with Gasteiger partial charge in [0.1, 0.15) is 0 Å².